The first-order chi connectivity index (χ1) is 31.6. The third kappa shape index (κ3) is 4.65. The van der Waals surface area contributed by atoms with E-state index in [0.29, 0.717) is 28.8 Å². The van der Waals surface area contributed by atoms with Gasteiger partial charge < -0.3 is 4.74 Å². The molecule has 5 bridgehead atoms. The molecule has 1 aliphatic heterocycles. The highest BCUT2D eigenvalue weighted by Crippen LogP contribution is 2.83. The Morgan fingerprint density at radius 2 is 1.02 bits per heavy atom. The van der Waals surface area contributed by atoms with E-state index in [4.69, 9.17) is 19.7 Å². The predicted octanol–water partition coefficient (Wildman–Crippen LogP) is 14.3. The maximum atomic E-state index is 6.72. The molecule has 7 aliphatic rings. The minimum Gasteiger partial charge on any atom is -0.457 e. The molecule has 16 rings (SSSR count). The van der Waals surface area contributed by atoms with E-state index in [1.165, 1.54) is 69.8 Å². The molecule has 304 valence electrons. The highest BCUT2D eigenvalue weighted by molar-refractivity contribution is 5.90. The molecule has 6 aliphatic carbocycles. The van der Waals surface area contributed by atoms with E-state index < -0.39 is 5.41 Å². The fraction of sp³-hybridized carbons (Fsp3) is 0.183. The first-order valence-electron chi connectivity index (χ1n) is 23.2. The summed E-state index contributed by atoms with van der Waals surface area (Å²) in [5, 5.41) is 2.36. The molecule has 0 amide bonds. The number of benzene rings is 8. The van der Waals surface area contributed by atoms with Gasteiger partial charge in [0, 0.05) is 27.8 Å². The third-order valence-corrected chi connectivity index (χ3v) is 16.9. The third-order valence-electron chi connectivity index (χ3n) is 16.9. The van der Waals surface area contributed by atoms with Crippen LogP contribution in [0.3, 0.4) is 0 Å². The second kappa shape index (κ2) is 12.7. The number of aromatic nitrogens is 3. The molecule has 0 N–H and O–H groups in total. The van der Waals surface area contributed by atoms with Crippen LogP contribution in [0.15, 0.2) is 182 Å². The quantitative estimate of drug-likeness (QED) is 0.173. The second-order valence-electron chi connectivity index (χ2n) is 19.6. The Kier molecular flexibility index (Phi) is 7.02. The van der Waals surface area contributed by atoms with Gasteiger partial charge in [-0.15, -0.1) is 0 Å². The summed E-state index contributed by atoms with van der Waals surface area (Å²) < 4.78 is 6.72. The van der Waals surface area contributed by atoms with Crippen LogP contribution in [0.25, 0.3) is 67.2 Å². The van der Waals surface area contributed by atoms with Crippen molar-refractivity contribution in [3.63, 3.8) is 0 Å². The summed E-state index contributed by atoms with van der Waals surface area (Å²) >= 11 is 0. The smallest absolute Gasteiger partial charge is 0.164 e. The lowest BCUT2D eigenvalue weighted by Gasteiger charge is -2.42. The predicted molar refractivity (Wildman–Crippen MR) is 254 cm³/mol. The largest absolute Gasteiger partial charge is 0.457 e. The highest BCUT2D eigenvalue weighted by Gasteiger charge is 2.75. The summed E-state index contributed by atoms with van der Waals surface area (Å²) in [4.78, 5) is 15.6. The van der Waals surface area contributed by atoms with Crippen molar-refractivity contribution in [3.8, 4) is 67.9 Å². The Morgan fingerprint density at radius 3 is 1.75 bits per heavy atom. The van der Waals surface area contributed by atoms with E-state index in [0.717, 1.165) is 68.6 Å². The lowest BCUT2D eigenvalue weighted by atomic mass is 9.62. The zero-order valence-electron chi connectivity index (χ0n) is 35.3. The number of rotatable bonds is 5. The van der Waals surface area contributed by atoms with Crippen LogP contribution in [0.2, 0.25) is 0 Å². The van der Waals surface area contributed by atoms with Crippen LogP contribution in [0, 0.1) is 29.1 Å². The van der Waals surface area contributed by atoms with Gasteiger partial charge in [0.05, 0.1) is 5.41 Å². The molecule has 5 unspecified atom stereocenters. The summed E-state index contributed by atoms with van der Waals surface area (Å²) in [7, 11) is 0. The molecule has 5 saturated carbocycles. The van der Waals surface area contributed by atoms with Crippen LogP contribution in [-0.4, -0.2) is 15.0 Å². The zero-order chi connectivity index (χ0) is 41.7. The fourth-order valence-electron chi connectivity index (χ4n) is 14.5. The lowest BCUT2D eigenvalue weighted by molar-refractivity contribution is 0.0614. The molecular formula is C60H43N3O. The molecule has 5 fully saturated rings. The minimum atomic E-state index is -0.512. The molecule has 2 heterocycles. The lowest BCUT2D eigenvalue weighted by Crippen LogP contribution is -2.36. The van der Waals surface area contributed by atoms with Gasteiger partial charge in [0.2, 0.25) is 0 Å². The van der Waals surface area contributed by atoms with Crippen LogP contribution >= 0.6 is 0 Å². The highest BCUT2D eigenvalue weighted by atomic mass is 16.5. The Hall–Kier alpha value is -7.17. The minimum absolute atomic E-state index is 0.512. The first-order valence-corrected chi connectivity index (χ1v) is 23.2. The van der Waals surface area contributed by atoms with Gasteiger partial charge in [-0.05, 0) is 135 Å². The van der Waals surface area contributed by atoms with E-state index in [1.54, 1.807) is 0 Å². The molecule has 9 aromatic rings. The number of fused-ring (bicyclic) bond motifs is 10. The molecule has 1 aromatic heterocycles. The van der Waals surface area contributed by atoms with E-state index in [9.17, 15) is 0 Å². The Bertz CT molecular complexity index is 3380. The number of nitrogens with zero attached hydrogens (tertiary/aromatic N) is 3. The molecule has 4 heteroatoms. The molecule has 0 radical (unpaired) electrons. The number of ether oxygens (including phenoxy) is 1. The molecule has 64 heavy (non-hydrogen) atoms. The second-order valence-corrected chi connectivity index (χ2v) is 19.6. The molecule has 6 atom stereocenters. The van der Waals surface area contributed by atoms with Crippen LogP contribution in [0.4, 0.5) is 0 Å². The van der Waals surface area contributed by atoms with Gasteiger partial charge in [0.1, 0.15) is 11.5 Å². The van der Waals surface area contributed by atoms with Crippen molar-refractivity contribution in [2.45, 2.75) is 37.0 Å². The maximum absolute atomic E-state index is 6.72. The summed E-state index contributed by atoms with van der Waals surface area (Å²) in [6.07, 6.45) is 5.87. The summed E-state index contributed by atoms with van der Waals surface area (Å²) in [5.74, 6) is 8.46. The molecular weight excluding hydrogens is 779 g/mol. The van der Waals surface area contributed by atoms with Crippen LogP contribution in [0.5, 0.6) is 11.5 Å². The SMILES string of the molecule is c1ccc2c(c1)Oc1ccc(-c3ccc(-c4nc(-c5ccc(C6CC78CC9CC7CC6[C@H]98)cc5)nc(-c5ccc6ccccc6c5)n4)cc3)cc1C21c2ccccc2-c2ccccc21. The fourth-order valence-corrected chi connectivity index (χ4v) is 14.5. The van der Waals surface area contributed by atoms with Gasteiger partial charge in [-0.3, -0.25) is 0 Å². The van der Waals surface area contributed by atoms with Crippen molar-refractivity contribution in [1.29, 1.82) is 0 Å². The summed E-state index contributed by atoms with van der Waals surface area (Å²) in [6, 6.07) is 66.0. The van der Waals surface area contributed by atoms with Gasteiger partial charge in [-0.1, -0.05) is 158 Å². The Morgan fingerprint density at radius 1 is 0.438 bits per heavy atom. The monoisotopic (exact) mass is 821 g/mol. The van der Waals surface area contributed by atoms with Crippen molar-refractivity contribution in [3.05, 3.63) is 210 Å². The zero-order valence-corrected chi connectivity index (χ0v) is 35.3. The van der Waals surface area contributed by atoms with E-state index in [1.807, 2.05) is 0 Å². The average molecular weight is 822 g/mol. The van der Waals surface area contributed by atoms with Crippen molar-refractivity contribution >= 4 is 10.8 Å². The van der Waals surface area contributed by atoms with Gasteiger partial charge in [0.15, 0.2) is 17.5 Å². The molecule has 8 aromatic carbocycles. The molecule has 0 saturated heterocycles. The van der Waals surface area contributed by atoms with Gasteiger partial charge in [-0.2, -0.15) is 0 Å². The van der Waals surface area contributed by atoms with Crippen LogP contribution in [0.1, 0.15) is 59.4 Å². The maximum Gasteiger partial charge on any atom is 0.164 e. The van der Waals surface area contributed by atoms with Gasteiger partial charge in [0.25, 0.3) is 0 Å². The van der Waals surface area contributed by atoms with Crippen LogP contribution < -0.4 is 4.74 Å². The van der Waals surface area contributed by atoms with E-state index in [-0.39, 0.29) is 0 Å². The van der Waals surface area contributed by atoms with Crippen molar-refractivity contribution < 1.29 is 4.74 Å². The Balaban J connectivity index is 0.818. The average Bonchev–Trinajstić information content (AvgIpc) is 4.10. The molecule has 4 nitrogen and oxygen atoms in total. The van der Waals surface area contributed by atoms with Gasteiger partial charge in [-0.25, -0.2) is 15.0 Å². The summed E-state index contributed by atoms with van der Waals surface area (Å²) in [6.45, 7) is 0. The number of para-hydroxylation sites is 1. The van der Waals surface area contributed by atoms with Crippen molar-refractivity contribution in [2.24, 2.45) is 29.1 Å². The van der Waals surface area contributed by atoms with E-state index in [2.05, 4.69) is 182 Å². The normalized spacial score (nSPS) is 24.2. The topological polar surface area (TPSA) is 47.9 Å². The number of hydrogen-bond donors (Lipinski definition) is 0. The van der Waals surface area contributed by atoms with Crippen LogP contribution in [-0.2, 0) is 5.41 Å². The first kappa shape index (κ1) is 35.3. The molecule has 2 spiro atoms. The Labute approximate surface area is 372 Å². The van der Waals surface area contributed by atoms with E-state index >= 15 is 0 Å². The van der Waals surface area contributed by atoms with Gasteiger partial charge >= 0.3 is 0 Å². The summed E-state index contributed by atoms with van der Waals surface area (Å²) in [5.41, 5.74) is 14.3. The number of hydrogen-bond acceptors (Lipinski definition) is 4. The standard InChI is InChI=1S/C60H43N3O/c1-2-10-40-29-42(26-19-35(40)9-1)58-62-56(61-57(63-58)39-24-20-37(21-25-39)48-34-59-33-43-30-44(59)32-47(48)55(43)59)38-22-17-36(18-23-38)41-27-28-54-52(31-41)60(51-15-7-8-16-53(51)64-54)49-13-5-3-11-45(49)46-12-4-6-14-50(46)60/h1-29,31,43-44,47-48,55H,30,32-34H2/t43?,44?,47?,48?,55-,59?/m0/s1. The van der Waals surface area contributed by atoms with Crippen molar-refractivity contribution in [1.82, 2.24) is 15.0 Å². The van der Waals surface area contributed by atoms with Crippen molar-refractivity contribution in [2.75, 3.05) is 0 Å².